The molecule has 26 heavy (non-hydrogen) atoms. The molecule has 1 saturated heterocycles. The maximum Gasteiger partial charge on any atom is 0.325 e. The lowest BCUT2D eigenvalue weighted by atomic mass is 9.90. The molecule has 2 aromatic rings. The highest BCUT2D eigenvalue weighted by Crippen LogP contribution is 2.42. The van der Waals surface area contributed by atoms with Crippen LogP contribution in [-0.2, 0) is 16.1 Å². The molecule has 1 fully saturated rings. The summed E-state index contributed by atoms with van der Waals surface area (Å²) in [7, 11) is 0. The molecule has 0 aliphatic carbocycles. The number of hydrogen-bond acceptors (Lipinski definition) is 3. The smallest absolute Gasteiger partial charge is 0.325 e. The minimum absolute atomic E-state index is 0.0267. The van der Waals surface area contributed by atoms with Crippen LogP contribution in [0.5, 0.6) is 0 Å². The SMILES string of the molecule is CC(=O)OC1CCN2C(=O)N(Cc3ccccc3)c3ccccc3[C@@H]2C1. The molecule has 0 spiro atoms. The molecule has 0 N–H and O–H groups in total. The second-order valence-corrected chi connectivity index (χ2v) is 6.88. The van der Waals surface area contributed by atoms with Gasteiger partial charge in [0, 0.05) is 26.3 Å². The quantitative estimate of drug-likeness (QED) is 0.789. The van der Waals surface area contributed by atoms with Gasteiger partial charge in [-0.15, -0.1) is 0 Å². The second kappa shape index (κ2) is 6.83. The Bertz CT molecular complexity index is 821. The summed E-state index contributed by atoms with van der Waals surface area (Å²) in [4.78, 5) is 28.3. The number of anilines is 1. The Balaban J connectivity index is 1.66. The van der Waals surface area contributed by atoms with E-state index in [1.165, 1.54) is 6.92 Å². The van der Waals surface area contributed by atoms with Gasteiger partial charge in [0.2, 0.25) is 0 Å². The molecule has 2 heterocycles. The fourth-order valence-electron chi connectivity index (χ4n) is 3.99. The summed E-state index contributed by atoms with van der Waals surface area (Å²) in [6.45, 7) is 2.59. The number of nitrogens with zero attached hydrogens (tertiary/aromatic N) is 2. The number of ether oxygens (including phenoxy) is 1. The van der Waals surface area contributed by atoms with Crippen molar-refractivity contribution >= 4 is 17.7 Å². The fraction of sp³-hybridized carbons (Fsp3) is 0.333. The van der Waals surface area contributed by atoms with E-state index in [9.17, 15) is 9.59 Å². The summed E-state index contributed by atoms with van der Waals surface area (Å²) >= 11 is 0. The van der Waals surface area contributed by atoms with Gasteiger partial charge in [0.1, 0.15) is 6.10 Å². The highest BCUT2D eigenvalue weighted by atomic mass is 16.5. The molecule has 2 aromatic carbocycles. The Kier molecular flexibility index (Phi) is 4.37. The predicted molar refractivity (Wildman–Crippen MR) is 98.7 cm³/mol. The number of amides is 2. The number of para-hydroxylation sites is 1. The van der Waals surface area contributed by atoms with E-state index < -0.39 is 0 Å². The van der Waals surface area contributed by atoms with Crippen LogP contribution in [-0.4, -0.2) is 29.5 Å². The van der Waals surface area contributed by atoms with Crippen LogP contribution >= 0.6 is 0 Å². The van der Waals surface area contributed by atoms with Crippen molar-refractivity contribution in [3.05, 3.63) is 65.7 Å². The second-order valence-electron chi connectivity index (χ2n) is 6.88. The standard InChI is InChI=1S/C21H22N2O3/c1-15(24)26-17-11-12-22-20(13-17)18-9-5-6-10-19(18)23(21(22)25)14-16-7-3-2-4-8-16/h2-10,17,20H,11-14H2,1H3/t17?,20-/m0/s1. The lowest BCUT2D eigenvalue weighted by Gasteiger charge is -2.46. The Labute approximate surface area is 153 Å². The molecule has 134 valence electrons. The van der Waals surface area contributed by atoms with Crippen LogP contribution in [0.2, 0.25) is 0 Å². The van der Waals surface area contributed by atoms with E-state index in [0.717, 1.165) is 16.8 Å². The molecule has 1 unspecified atom stereocenters. The van der Waals surface area contributed by atoms with Crippen molar-refractivity contribution in [2.45, 2.75) is 38.5 Å². The average Bonchev–Trinajstić information content (AvgIpc) is 2.65. The third-order valence-corrected chi connectivity index (χ3v) is 5.13. The number of hydrogen-bond donors (Lipinski definition) is 0. The number of piperidine rings is 1. The van der Waals surface area contributed by atoms with Crippen LogP contribution in [0.4, 0.5) is 10.5 Å². The number of benzene rings is 2. The van der Waals surface area contributed by atoms with Gasteiger partial charge in [-0.25, -0.2) is 4.79 Å². The van der Waals surface area contributed by atoms with Crippen molar-refractivity contribution in [3.8, 4) is 0 Å². The van der Waals surface area contributed by atoms with Gasteiger partial charge in [-0.2, -0.15) is 0 Å². The monoisotopic (exact) mass is 350 g/mol. The number of urea groups is 1. The Morgan fingerprint density at radius 2 is 1.85 bits per heavy atom. The van der Waals surface area contributed by atoms with Crippen molar-refractivity contribution in [1.29, 1.82) is 0 Å². The van der Waals surface area contributed by atoms with E-state index in [1.54, 1.807) is 0 Å². The normalized spacial score (nSPS) is 21.8. The topological polar surface area (TPSA) is 49.9 Å². The molecule has 2 amide bonds. The molecule has 0 saturated carbocycles. The van der Waals surface area contributed by atoms with Crippen LogP contribution in [0.15, 0.2) is 54.6 Å². The maximum absolute atomic E-state index is 13.2. The maximum atomic E-state index is 13.2. The third kappa shape index (κ3) is 3.05. The first kappa shape index (κ1) is 16.6. The number of carbonyl (C=O) groups is 2. The van der Waals surface area contributed by atoms with Gasteiger partial charge >= 0.3 is 12.0 Å². The molecule has 4 rings (SSSR count). The van der Waals surface area contributed by atoms with Crippen molar-refractivity contribution in [1.82, 2.24) is 4.90 Å². The first-order valence-corrected chi connectivity index (χ1v) is 9.01. The van der Waals surface area contributed by atoms with Gasteiger partial charge in [-0.05, 0) is 17.2 Å². The van der Waals surface area contributed by atoms with Crippen LogP contribution in [0.1, 0.15) is 36.9 Å². The number of rotatable bonds is 3. The third-order valence-electron chi connectivity index (χ3n) is 5.13. The molecule has 0 bridgehead atoms. The Hall–Kier alpha value is -2.82. The summed E-state index contributed by atoms with van der Waals surface area (Å²) in [5.74, 6) is -0.260. The summed E-state index contributed by atoms with van der Waals surface area (Å²) in [5.41, 5.74) is 3.18. The van der Waals surface area contributed by atoms with Gasteiger partial charge in [0.15, 0.2) is 0 Å². The molecule has 2 aliphatic heterocycles. The molecular formula is C21H22N2O3. The number of fused-ring (bicyclic) bond motifs is 3. The predicted octanol–water partition coefficient (Wildman–Crippen LogP) is 3.90. The van der Waals surface area contributed by atoms with E-state index in [-0.39, 0.29) is 24.1 Å². The van der Waals surface area contributed by atoms with E-state index in [2.05, 4.69) is 6.07 Å². The largest absolute Gasteiger partial charge is 0.462 e. The molecule has 5 heteroatoms. The molecule has 0 aromatic heterocycles. The molecular weight excluding hydrogens is 328 g/mol. The van der Waals surface area contributed by atoms with Crippen molar-refractivity contribution in [2.75, 3.05) is 11.4 Å². The Morgan fingerprint density at radius 3 is 2.62 bits per heavy atom. The summed E-state index contributed by atoms with van der Waals surface area (Å²) in [6, 6.07) is 18.1. The minimum atomic E-state index is -0.260. The lowest BCUT2D eigenvalue weighted by molar-refractivity contribution is -0.149. The van der Waals surface area contributed by atoms with E-state index in [0.29, 0.717) is 25.9 Å². The van der Waals surface area contributed by atoms with Crippen LogP contribution in [0.25, 0.3) is 0 Å². The molecule has 0 radical (unpaired) electrons. The van der Waals surface area contributed by atoms with E-state index >= 15 is 0 Å². The molecule has 2 aliphatic rings. The van der Waals surface area contributed by atoms with Crippen LogP contribution in [0, 0.1) is 0 Å². The Morgan fingerprint density at radius 1 is 1.12 bits per heavy atom. The first-order chi connectivity index (χ1) is 12.6. The summed E-state index contributed by atoms with van der Waals surface area (Å²) < 4.78 is 5.42. The zero-order valence-electron chi connectivity index (χ0n) is 14.8. The zero-order chi connectivity index (χ0) is 18.1. The highest BCUT2D eigenvalue weighted by Gasteiger charge is 2.41. The van der Waals surface area contributed by atoms with E-state index in [4.69, 9.17) is 4.74 Å². The van der Waals surface area contributed by atoms with Crippen LogP contribution in [0.3, 0.4) is 0 Å². The fourth-order valence-corrected chi connectivity index (χ4v) is 3.99. The minimum Gasteiger partial charge on any atom is -0.462 e. The van der Waals surface area contributed by atoms with E-state index in [1.807, 2.05) is 58.3 Å². The van der Waals surface area contributed by atoms with Gasteiger partial charge in [-0.1, -0.05) is 48.5 Å². The molecule has 5 nitrogen and oxygen atoms in total. The highest BCUT2D eigenvalue weighted by molar-refractivity contribution is 5.95. The zero-order valence-corrected chi connectivity index (χ0v) is 14.8. The van der Waals surface area contributed by atoms with Gasteiger partial charge in [0.25, 0.3) is 0 Å². The molecule has 2 atom stereocenters. The lowest BCUT2D eigenvalue weighted by Crippen LogP contribution is -2.53. The van der Waals surface area contributed by atoms with Crippen molar-refractivity contribution in [2.24, 2.45) is 0 Å². The van der Waals surface area contributed by atoms with Gasteiger partial charge in [0.05, 0.1) is 18.3 Å². The van der Waals surface area contributed by atoms with Gasteiger partial charge in [-0.3, -0.25) is 9.69 Å². The van der Waals surface area contributed by atoms with Crippen molar-refractivity contribution < 1.29 is 14.3 Å². The van der Waals surface area contributed by atoms with Crippen molar-refractivity contribution in [3.63, 3.8) is 0 Å². The summed E-state index contributed by atoms with van der Waals surface area (Å²) in [6.07, 6.45) is 1.21. The summed E-state index contributed by atoms with van der Waals surface area (Å²) in [5, 5.41) is 0. The average molecular weight is 350 g/mol. The number of carbonyl (C=O) groups excluding carboxylic acids is 2. The van der Waals surface area contributed by atoms with Crippen LogP contribution < -0.4 is 4.90 Å². The first-order valence-electron chi connectivity index (χ1n) is 9.01. The number of esters is 1. The van der Waals surface area contributed by atoms with Gasteiger partial charge < -0.3 is 9.64 Å².